The van der Waals surface area contributed by atoms with E-state index in [-0.39, 0.29) is 5.69 Å². The topological polar surface area (TPSA) is 47.8 Å². The van der Waals surface area contributed by atoms with Gasteiger partial charge in [-0.15, -0.1) is 0 Å². The molecule has 1 heterocycles. The first kappa shape index (κ1) is 14.3. The highest BCUT2D eigenvalue weighted by molar-refractivity contribution is 4.85. The molecule has 76 valence electrons. The van der Waals surface area contributed by atoms with Crippen LogP contribution in [-0.4, -0.2) is 14.8 Å². The van der Waals surface area contributed by atoms with Crippen molar-refractivity contribution in [3.05, 3.63) is 22.4 Å². The van der Waals surface area contributed by atoms with Gasteiger partial charge in [-0.2, -0.15) is 10.1 Å². The van der Waals surface area contributed by atoms with Crippen LogP contribution < -0.4 is 5.69 Å². The smallest absolute Gasteiger partial charge is 0.244 e. The van der Waals surface area contributed by atoms with E-state index < -0.39 is 0 Å². The molecular formula is C9H19N3O. The summed E-state index contributed by atoms with van der Waals surface area (Å²) in [5.41, 5.74) is 0.428. The van der Waals surface area contributed by atoms with Gasteiger partial charge < -0.3 is 0 Å². The number of nitrogens with zero attached hydrogens (tertiary/aromatic N) is 3. The van der Waals surface area contributed by atoms with Crippen LogP contribution in [0, 0.1) is 6.92 Å². The van der Waals surface area contributed by atoms with Crippen molar-refractivity contribution in [2.45, 2.75) is 34.6 Å². The Labute approximate surface area is 79.6 Å². The van der Waals surface area contributed by atoms with Crippen LogP contribution in [0.4, 0.5) is 0 Å². The third-order valence-electron chi connectivity index (χ3n) is 0.946. The molecule has 1 aromatic rings. The van der Waals surface area contributed by atoms with Crippen LogP contribution in [0.5, 0.6) is 0 Å². The van der Waals surface area contributed by atoms with Crippen molar-refractivity contribution >= 4 is 0 Å². The number of rotatable bonds is 0. The molecule has 0 aliphatic rings. The zero-order chi connectivity index (χ0) is 10.9. The van der Waals surface area contributed by atoms with Gasteiger partial charge in [-0.3, -0.25) is 0 Å². The highest BCUT2D eigenvalue weighted by atomic mass is 16.1. The van der Waals surface area contributed by atoms with Gasteiger partial charge >= 0.3 is 5.69 Å². The molecule has 0 aliphatic carbocycles. The van der Waals surface area contributed by atoms with E-state index in [1.54, 1.807) is 14.0 Å². The summed E-state index contributed by atoms with van der Waals surface area (Å²) in [4.78, 5) is 14.1. The van der Waals surface area contributed by atoms with Crippen molar-refractivity contribution in [1.29, 1.82) is 0 Å². The molecule has 13 heavy (non-hydrogen) atoms. The summed E-state index contributed by atoms with van der Waals surface area (Å²) in [6.45, 7) is 9.78. The van der Waals surface area contributed by atoms with Gasteiger partial charge in [0.15, 0.2) is 0 Å². The molecule has 4 nitrogen and oxygen atoms in total. The predicted octanol–water partition coefficient (Wildman–Crippen LogP) is 1.54. The molecule has 4 heteroatoms. The monoisotopic (exact) mass is 185 g/mol. The Bertz CT molecular complexity index is 268. The summed E-state index contributed by atoms with van der Waals surface area (Å²) < 4.78 is 1.20. The maximum Gasteiger partial charge on any atom is 0.363 e. The van der Waals surface area contributed by atoms with Crippen molar-refractivity contribution in [3.63, 3.8) is 0 Å². The molecule has 0 saturated heterocycles. The Morgan fingerprint density at radius 2 is 1.69 bits per heavy atom. The van der Waals surface area contributed by atoms with Crippen LogP contribution in [-0.2, 0) is 7.05 Å². The fourth-order valence-corrected chi connectivity index (χ4v) is 0.537. The summed E-state index contributed by atoms with van der Waals surface area (Å²) in [6.07, 6.45) is 1.45. The second kappa shape index (κ2) is 8.90. The maximum absolute atomic E-state index is 10.6. The molecule has 0 bridgehead atoms. The molecule has 1 aromatic heterocycles. The SMILES string of the molecule is CC.CC.Cc1cnc(=O)n(C)n1. The fraction of sp³-hybridized carbons (Fsp3) is 0.667. The van der Waals surface area contributed by atoms with Crippen LogP contribution >= 0.6 is 0 Å². The minimum Gasteiger partial charge on any atom is -0.244 e. The molecule has 0 atom stereocenters. The maximum atomic E-state index is 10.6. The lowest BCUT2D eigenvalue weighted by Crippen LogP contribution is -2.22. The summed E-state index contributed by atoms with van der Waals surface area (Å²) >= 11 is 0. The van der Waals surface area contributed by atoms with E-state index >= 15 is 0 Å². The van der Waals surface area contributed by atoms with Gasteiger partial charge in [-0.1, -0.05) is 27.7 Å². The average Bonchev–Trinajstić information content (AvgIpc) is 2.18. The van der Waals surface area contributed by atoms with Crippen LogP contribution in [0.3, 0.4) is 0 Å². The second-order valence-corrected chi connectivity index (χ2v) is 1.81. The number of hydrogen-bond donors (Lipinski definition) is 0. The van der Waals surface area contributed by atoms with E-state index in [0.29, 0.717) is 0 Å². The van der Waals surface area contributed by atoms with Gasteiger partial charge in [0.25, 0.3) is 0 Å². The molecule has 0 radical (unpaired) electrons. The number of aromatic nitrogens is 3. The van der Waals surface area contributed by atoms with Crippen LogP contribution in [0.2, 0.25) is 0 Å². The quantitative estimate of drug-likeness (QED) is 0.616. The van der Waals surface area contributed by atoms with E-state index in [1.165, 1.54) is 10.9 Å². The predicted molar refractivity (Wildman–Crippen MR) is 54.7 cm³/mol. The summed E-state index contributed by atoms with van der Waals surface area (Å²) in [6, 6.07) is 0. The molecular weight excluding hydrogens is 166 g/mol. The van der Waals surface area contributed by atoms with Crippen molar-refractivity contribution in [3.8, 4) is 0 Å². The van der Waals surface area contributed by atoms with E-state index in [2.05, 4.69) is 10.1 Å². The standard InChI is InChI=1S/C5H7N3O.2C2H6/c1-4-3-6-5(9)8(2)7-4;2*1-2/h3H,1-2H3;2*1-2H3. The molecule has 0 aliphatic heterocycles. The van der Waals surface area contributed by atoms with Gasteiger partial charge in [0.05, 0.1) is 11.9 Å². The molecule has 0 fully saturated rings. The van der Waals surface area contributed by atoms with Crippen molar-refractivity contribution in [2.75, 3.05) is 0 Å². The largest absolute Gasteiger partial charge is 0.363 e. The van der Waals surface area contributed by atoms with Gasteiger partial charge in [0.1, 0.15) is 0 Å². The lowest BCUT2D eigenvalue weighted by molar-refractivity contribution is 0.659. The summed E-state index contributed by atoms with van der Waals surface area (Å²) in [5, 5.41) is 3.81. The van der Waals surface area contributed by atoms with Crippen LogP contribution in [0.15, 0.2) is 11.0 Å². The number of hydrogen-bond acceptors (Lipinski definition) is 3. The third kappa shape index (κ3) is 6.02. The Balaban J connectivity index is 0. The minimum absolute atomic E-state index is 0.319. The average molecular weight is 185 g/mol. The Morgan fingerprint density at radius 1 is 1.23 bits per heavy atom. The van der Waals surface area contributed by atoms with E-state index in [0.717, 1.165) is 5.69 Å². The van der Waals surface area contributed by atoms with Crippen molar-refractivity contribution < 1.29 is 0 Å². The minimum atomic E-state index is -0.319. The molecule has 0 saturated carbocycles. The fourth-order valence-electron chi connectivity index (χ4n) is 0.537. The summed E-state index contributed by atoms with van der Waals surface area (Å²) in [5.74, 6) is 0. The van der Waals surface area contributed by atoms with E-state index in [1.807, 2.05) is 27.7 Å². The normalized spacial score (nSPS) is 7.54. The zero-order valence-corrected chi connectivity index (χ0v) is 9.33. The van der Waals surface area contributed by atoms with Crippen molar-refractivity contribution in [1.82, 2.24) is 14.8 Å². The van der Waals surface area contributed by atoms with Crippen LogP contribution in [0.1, 0.15) is 33.4 Å². The van der Waals surface area contributed by atoms with Crippen LogP contribution in [0.25, 0.3) is 0 Å². The first-order valence-corrected chi connectivity index (χ1v) is 4.57. The molecule has 0 aromatic carbocycles. The highest BCUT2D eigenvalue weighted by Gasteiger charge is 1.89. The first-order valence-electron chi connectivity index (χ1n) is 4.57. The second-order valence-electron chi connectivity index (χ2n) is 1.81. The first-order chi connectivity index (χ1) is 6.20. The van der Waals surface area contributed by atoms with Crippen molar-refractivity contribution in [2.24, 2.45) is 7.05 Å². The third-order valence-corrected chi connectivity index (χ3v) is 0.946. The Kier molecular flexibility index (Phi) is 9.82. The highest BCUT2D eigenvalue weighted by Crippen LogP contribution is 1.77. The van der Waals surface area contributed by atoms with Gasteiger partial charge in [-0.05, 0) is 6.92 Å². The lowest BCUT2D eigenvalue weighted by atomic mass is 10.6. The molecule has 0 amide bonds. The molecule has 1 rings (SSSR count). The Morgan fingerprint density at radius 3 is 2.00 bits per heavy atom. The van der Waals surface area contributed by atoms with Gasteiger partial charge in [0, 0.05) is 7.05 Å². The van der Waals surface area contributed by atoms with Gasteiger partial charge in [-0.25, -0.2) is 9.48 Å². The van der Waals surface area contributed by atoms with Gasteiger partial charge in [0.2, 0.25) is 0 Å². The lowest BCUT2D eigenvalue weighted by Gasteiger charge is -1.92. The number of aryl methyl sites for hydroxylation is 2. The molecule has 0 spiro atoms. The zero-order valence-electron chi connectivity index (χ0n) is 9.33. The molecule has 0 N–H and O–H groups in total. The van der Waals surface area contributed by atoms with E-state index in [4.69, 9.17) is 0 Å². The summed E-state index contributed by atoms with van der Waals surface area (Å²) in [7, 11) is 1.57. The van der Waals surface area contributed by atoms with E-state index in [9.17, 15) is 4.79 Å². The Hall–Kier alpha value is -1.19. The molecule has 0 unspecified atom stereocenters.